The van der Waals surface area contributed by atoms with Crippen LogP contribution in [-0.2, 0) is 6.54 Å². The summed E-state index contributed by atoms with van der Waals surface area (Å²) in [6.45, 7) is 7.10. The van der Waals surface area contributed by atoms with Crippen molar-refractivity contribution in [3.63, 3.8) is 0 Å². The summed E-state index contributed by atoms with van der Waals surface area (Å²) >= 11 is 0. The summed E-state index contributed by atoms with van der Waals surface area (Å²) in [6, 6.07) is 15.8. The van der Waals surface area contributed by atoms with E-state index in [2.05, 4.69) is 46.4 Å². The minimum absolute atomic E-state index is 0.202. The number of aryl methyl sites for hydroxylation is 2. The van der Waals surface area contributed by atoms with Crippen LogP contribution < -0.4 is 10.1 Å². The topological polar surface area (TPSA) is 67.3 Å². The number of aromatic nitrogens is 2. The van der Waals surface area contributed by atoms with E-state index in [0.29, 0.717) is 22.9 Å². The van der Waals surface area contributed by atoms with Gasteiger partial charge in [-0.3, -0.25) is 9.69 Å². The first-order valence-corrected chi connectivity index (χ1v) is 11.1. The number of carbonyl (C=O) groups excluding carboxylic acids is 1. The van der Waals surface area contributed by atoms with Gasteiger partial charge in [-0.2, -0.15) is 0 Å². The van der Waals surface area contributed by atoms with E-state index in [-0.39, 0.29) is 5.91 Å². The van der Waals surface area contributed by atoms with Gasteiger partial charge in [-0.25, -0.2) is 9.97 Å². The molecule has 1 aromatic heterocycles. The van der Waals surface area contributed by atoms with Gasteiger partial charge in [0.2, 0.25) is 0 Å². The van der Waals surface area contributed by atoms with Gasteiger partial charge in [0.05, 0.1) is 18.4 Å². The molecule has 0 aliphatic carbocycles. The van der Waals surface area contributed by atoms with Gasteiger partial charge in [0.25, 0.3) is 5.91 Å². The molecule has 2 aromatic carbocycles. The first kappa shape index (κ1) is 22.0. The predicted molar refractivity (Wildman–Crippen MR) is 126 cm³/mol. The molecule has 0 spiro atoms. The molecule has 4 rings (SSSR count). The SMILES string of the molecule is COc1ccc(NC(=O)c2cnc(C3CCN(Cc4ccccc4C)CC3)nc2C)cc1. The van der Waals surface area contributed by atoms with E-state index >= 15 is 0 Å². The Morgan fingerprint density at radius 2 is 1.81 bits per heavy atom. The van der Waals surface area contributed by atoms with Gasteiger partial charge in [0.15, 0.2) is 0 Å². The standard InChI is InChI=1S/C26H30N4O2/c1-18-6-4-5-7-21(18)17-30-14-12-20(13-15-30)25-27-16-24(19(2)28-25)26(31)29-22-8-10-23(32-3)11-9-22/h4-11,16,20H,12-15,17H2,1-3H3,(H,29,31). The quantitative estimate of drug-likeness (QED) is 0.612. The highest BCUT2D eigenvalue weighted by Gasteiger charge is 2.24. The molecule has 0 radical (unpaired) electrons. The van der Waals surface area contributed by atoms with E-state index in [1.54, 1.807) is 13.3 Å². The number of likely N-dealkylation sites (tertiary alicyclic amines) is 1. The Balaban J connectivity index is 1.36. The lowest BCUT2D eigenvalue weighted by atomic mass is 9.95. The van der Waals surface area contributed by atoms with Gasteiger partial charge in [-0.05, 0) is 75.2 Å². The molecule has 1 aliphatic rings. The minimum atomic E-state index is -0.202. The van der Waals surface area contributed by atoms with Crippen LogP contribution in [-0.4, -0.2) is 41.0 Å². The summed E-state index contributed by atoms with van der Waals surface area (Å²) in [5.74, 6) is 1.73. The summed E-state index contributed by atoms with van der Waals surface area (Å²) in [5, 5.41) is 2.90. The fourth-order valence-electron chi connectivity index (χ4n) is 4.16. The van der Waals surface area contributed by atoms with Crippen LogP contribution in [0, 0.1) is 13.8 Å². The van der Waals surface area contributed by atoms with Gasteiger partial charge in [0, 0.05) is 24.3 Å². The first-order valence-electron chi connectivity index (χ1n) is 11.1. The molecule has 0 bridgehead atoms. The van der Waals surface area contributed by atoms with Gasteiger partial charge in [0.1, 0.15) is 11.6 Å². The number of hydrogen-bond acceptors (Lipinski definition) is 5. The average molecular weight is 431 g/mol. The highest BCUT2D eigenvalue weighted by Crippen LogP contribution is 2.27. The Hall–Kier alpha value is -3.25. The van der Waals surface area contributed by atoms with Crippen LogP contribution in [0.5, 0.6) is 5.75 Å². The number of amides is 1. The van der Waals surface area contributed by atoms with Crippen LogP contribution >= 0.6 is 0 Å². The maximum atomic E-state index is 12.7. The molecule has 1 N–H and O–H groups in total. The molecule has 0 atom stereocenters. The number of benzene rings is 2. The molecule has 2 heterocycles. The lowest BCUT2D eigenvalue weighted by molar-refractivity contribution is 0.102. The zero-order valence-corrected chi connectivity index (χ0v) is 19.0. The van der Waals surface area contributed by atoms with E-state index < -0.39 is 0 Å². The molecule has 6 heteroatoms. The molecule has 0 unspecified atom stereocenters. The maximum absolute atomic E-state index is 12.7. The second-order valence-electron chi connectivity index (χ2n) is 8.39. The van der Waals surface area contributed by atoms with Gasteiger partial charge in [-0.1, -0.05) is 24.3 Å². The molecule has 1 saturated heterocycles. The van der Waals surface area contributed by atoms with E-state index in [0.717, 1.165) is 44.0 Å². The smallest absolute Gasteiger partial charge is 0.259 e. The predicted octanol–water partition coefficient (Wildman–Crippen LogP) is 4.73. The van der Waals surface area contributed by atoms with Gasteiger partial charge >= 0.3 is 0 Å². The van der Waals surface area contributed by atoms with E-state index in [4.69, 9.17) is 9.72 Å². The summed E-state index contributed by atoms with van der Waals surface area (Å²) in [5.41, 5.74) is 4.66. The Kier molecular flexibility index (Phi) is 6.81. The lowest BCUT2D eigenvalue weighted by Gasteiger charge is -2.31. The Labute approximate surface area is 189 Å². The van der Waals surface area contributed by atoms with E-state index in [1.807, 2.05) is 31.2 Å². The number of ether oxygens (including phenoxy) is 1. The number of anilines is 1. The lowest BCUT2D eigenvalue weighted by Crippen LogP contribution is -2.33. The number of piperidine rings is 1. The van der Waals surface area contributed by atoms with E-state index in [9.17, 15) is 4.79 Å². The van der Waals surface area contributed by atoms with Crippen molar-refractivity contribution in [2.24, 2.45) is 0 Å². The summed E-state index contributed by atoms with van der Waals surface area (Å²) in [6.07, 6.45) is 3.72. The molecule has 1 aliphatic heterocycles. The molecule has 0 saturated carbocycles. The third-order valence-corrected chi connectivity index (χ3v) is 6.20. The van der Waals surface area contributed by atoms with E-state index in [1.165, 1.54) is 11.1 Å². The number of rotatable bonds is 6. The normalized spacial score (nSPS) is 14.8. The number of nitrogens with zero attached hydrogens (tertiary/aromatic N) is 3. The van der Waals surface area contributed by atoms with Crippen molar-refractivity contribution in [2.75, 3.05) is 25.5 Å². The van der Waals surface area contributed by atoms with Crippen LogP contribution in [0.15, 0.2) is 54.7 Å². The Bertz CT molecular complexity index is 1070. The van der Waals surface area contributed by atoms with Crippen LogP contribution in [0.1, 0.15) is 51.8 Å². The van der Waals surface area contributed by atoms with Crippen LogP contribution in [0.25, 0.3) is 0 Å². The van der Waals surface area contributed by atoms with Crippen molar-refractivity contribution in [3.8, 4) is 5.75 Å². The number of carbonyl (C=O) groups is 1. The summed E-state index contributed by atoms with van der Waals surface area (Å²) in [4.78, 5) is 24.5. The summed E-state index contributed by atoms with van der Waals surface area (Å²) in [7, 11) is 1.61. The molecule has 32 heavy (non-hydrogen) atoms. The molecule has 1 fully saturated rings. The number of methoxy groups -OCH3 is 1. The third kappa shape index (κ3) is 5.14. The highest BCUT2D eigenvalue weighted by atomic mass is 16.5. The summed E-state index contributed by atoms with van der Waals surface area (Å²) < 4.78 is 5.15. The van der Waals surface area contributed by atoms with Crippen molar-refractivity contribution in [1.29, 1.82) is 0 Å². The zero-order chi connectivity index (χ0) is 22.5. The fraction of sp³-hybridized carbons (Fsp3) is 0.346. The fourth-order valence-corrected chi connectivity index (χ4v) is 4.16. The zero-order valence-electron chi connectivity index (χ0n) is 19.0. The molecular weight excluding hydrogens is 400 g/mol. The molecule has 166 valence electrons. The third-order valence-electron chi connectivity index (χ3n) is 6.20. The first-order chi connectivity index (χ1) is 15.5. The van der Waals surface area contributed by atoms with Crippen LogP contribution in [0.2, 0.25) is 0 Å². The van der Waals surface area contributed by atoms with Crippen molar-refractivity contribution in [2.45, 2.75) is 39.2 Å². The Morgan fingerprint density at radius 3 is 2.47 bits per heavy atom. The molecule has 6 nitrogen and oxygen atoms in total. The van der Waals surface area contributed by atoms with Gasteiger partial charge < -0.3 is 10.1 Å². The number of hydrogen-bond donors (Lipinski definition) is 1. The highest BCUT2D eigenvalue weighted by molar-refractivity contribution is 6.04. The Morgan fingerprint density at radius 1 is 1.09 bits per heavy atom. The largest absolute Gasteiger partial charge is 0.497 e. The maximum Gasteiger partial charge on any atom is 0.259 e. The minimum Gasteiger partial charge on any atom is -0.497 e. The van der Waals surface area contributed by atoms with Crippen molar-refractivity contribution in [1.82, 2.24) is 14.9 Å². The molecule has 3 aromatic rings. The van der Waals surface area contributed by atoms with Crippen LogP contribution in [0.4, 0.5) is 5.69 Å². The van der Waals surface area contributed by atoms with Crippen molar-refractivity contribution >= 4 is 11.6 Å². The van der Waals surface area contributed by atoms with Gasteiger partial charge in [-0.15, -0.1) is 0 Å². The monoisotopic (exact) mass is 430 g/mol. The van der Waals surface area contributed by atoms with Crippen molar-refractivity contribution in [3.05, 3.63) is 82.9 Å². The second kappa shape index (κ2) is 9.92. The van der Waals surface area contributed by atoms with Crippen LogP contribution in [0.3, 0.4) is 0 Å². The molecule has 1 amide bonds. The van der Waals surface area contributed by atoms with Crippen molar-refractivity contribution < 1.29 is 9.53 Å². The molecular formula is C26H30N4O2. The second-order valence-corrected chi connectivity index (χ2v) is 8.39. The number of nitrogens with one attached hydrogen (secondary N) is 1. The average Bonchev–Trinajstić information content (AvgIpc) is 2.81.